The fraction of sp³-hybridized carbons (Fsp3) is 0.556. The summed E-state index contributed by atoms with van der Waals surface area (Å²) in [6, 6.07) is 10.4. The van der Waals surface area contributed by atoms with Crippen molar-refractivity contribution >= 4 is 12.0 Å². The van der Waals surface area contributed by atoms with Gasteiger partial charge in [-0.25, -0.2) is 4.79 Å². The largest absolute Gasteiger partial charge is 0.481 e. The number of nitrogens with one attached hydrogen (secondary N) is 2. The third-order valence-electron chi connectivity index (χ3n) is 5.09. The highest BCUT2D eigenvalue weighted by Gasteiger charge is 2.38. The number of rotatable bonds is 5. The van der Waals surface area contributed by atoms with Gasteiger partial charge in [0.05, 0.1) is 5.92 Å². The highest BCUT2D eigenvalue weighted by atomic mass is 16.4. The van der Waals surface area contributed by atoms with Gasteiger partial charge in [0.2, 0.25) is 0 Å². The maximum atomic E-state index is 12.0. The summed E-state index contributed by atoms with van der Waals surface area (Å²) < 4.78 is 0. The topological polar surface area (TPSA) is 78.4 Å². The first-order valence-electron chi connectivity index (χ1n) is 8.45. The van der Waals surface area contributed by atoms with Crippen molar-refractivity contribution < 1.29 is 14.7 Å². The van der Waals surface area contributed by atoms with Crippen molar-refractivity contribution in [1.29, 1.82) is 0 Å². The van der Waals surface area contributed by atoms with Crippen molar-refractivity contribution in [3.8, 4) is 0 Å². The summed E-state index contributed by atoms with van der Waals surface area (Å²) in [5.74, 6) is 0.149. The molecule has 0 saturated heterocycles. The predicted octanol–water partition coefficient (Wildman–Crippen LogP) is 2.73. The highest BCUT2D eigenvalue weighted by molar-refractivity contribution is 5.74. The molecule has 2 aliphatic carbocycles. The van der Waals surface area contributed by atoms with E-state index in [4.69, 9.17) is 5.11 Å². The molecule has 0 aromatic heterocycles. The Morgan fingerprint density at radius 1 is 1.09 bits per heavy atom. The van der Waals surface area contributed by atoms with Crippen LogP contribution in [0.2, 0.25) is 0 Å². The minimum absolute atomic E-state index is 0.106. The van der Waals surface area contributed by atoms with E-state index in [2.05, 4.69) is 34.9 Å². The van der Waals surface area contributed by atoms with E-state index < -0.39 is 5.97 Å². The molecule has 124 valence electrons. The third-order valence-corrected chi connectivity index (χ3v) is 5.09. The van der Waals surface area contributed by atoms with Crippen molar-refractivity contribution in [2.45, 2.75) is 44.1 Å². The van der Waals surface area contributed by atoms with Crippen LogP contribution >= 0.6 is 0 Å². The molecule has 0 radical (unpaired) electrons. The van der Waals surface area contributed by atoms with Gasteiger partial charge in [-0.3, -0.25) is 4.79 Å². The number of carbonyl (C=O) groups excluding carboxylic acids is 1. The van der Waals surface area contributed by atoms with E-state index in [1.165, 1.54) is 5.56 Å². The lowest BCUT2D eigenvalue weighted by Gasteiger charge is -2.26. The van der Waals surface area contributed by atoms with Crippen LogP contribution in [-0.2, 0) is 4.79 Å². The van der Waals surface area contributed by atoms with Gasteiger partial charge in [-0.15, -0.1) is 0 Å². The fourth-order valence-corrected chi connectivity index (χ4v) is 3.53. The van der Waals surface area contributed by atoms with E-state index in [0.29, 0.717) is 31.2 Å². The van der Waals surface area contributed by atoms with Crippen LogP contribution in [0.3, 0.4) is 0 Å². The molecule has 1 aromatic carbocycles. The molecule has 3 rings (SSSR count). The Balaban J connectivity index is 1.34. The fourth-order valence-electron chi connectivity index (χ4n) is 3.53. The molecule has 1 aromatic rings. The van der Waals surface area contributed by atoms with Gasteiger partial charge in [-0.05, 0) is 49.5 Å². The van der Waals surface area contributed by atoms with Crippen LogP contribution in [0.15, 0.2) is 30.3 Å². The van der Waals surface area contributed by atoms with E-state index in [1.54, 1.807) is 0 Å². The van der Waals surface area contributed by atoms with E-state index in [0.717, 1.165) is 19.3 Å². The lowest BCUT2D eigenvalue weighted by molar-refractivity contribution is -0.142. The summed E-state index contributed by atoms with van der Waals surface area (Å²) in [4.78, 5) is 22.9. The first kappa shape index (κ1) is 15.8. The van der Waals surface area contributed by atoms with Crippen molar-refractivity contribution in [2.75, 3.05) is 6.54 Å². The molecule has 0 unspecified atom stereocenters. The first-order chi connectivity index (χ1) is 11.1. The first-order valence-corrected chi connectivity index (χ1v) is 8.45. The molecular formula is C18H24N2O3. The van der Waals surface area contributed by atoms with Gasteiger partial charge in [0.15, 0.2) is 0 Å². The van der Waals surface area contributed by atoms with Crippen LogP contribution in [0.25, 0.3) is 0 Å². The summed E-state index contributed by atoms with van der Waals surface area (Å²) in [6.07, 6.45) is 3.94. The standard InChI is InChI=1S/C18H24N2O3/c21-17(22)13-6-8-15(9-7-13)20-18(23)19-11-14-10-16(14)12-4-2-1-3-5-12/h1-5,13-16H,6-11H2,(H,21,22)(H2,19,20,23)/t13?,14-,15?,16-/m0/s1. The van der Waals surface area contributed by atoms with Crippen molar-refractivity contribution in [3.63, 3.8) is 0 Å². The van der Waals surface area contributed by atoms with E-state index in [1.807, 2.05) is 6.07 Å². The summed E-state index contributed by atoms with van der Waals surface area (Å²) in [5, 5.41) is 14.9. The van der Waals surface area contributed by atoms with E-state index in [-0.39, 0.29) is 18.0 Å². The van der Waals surface area contributed by atoms with Gasteiger partial charge in [-0.1, -0.05) is 30.3 Å². The Hall–Kier alpha value is -2.04. The Labute approximate surface area is 136 Å². The normalized spacial score (nSPS) is 29.6. The highest BCUT2D eigenvalue weighted by Crippen LogP contribution is 2.46. The SMILES string of the molecule is O=C(NC[C@@H]1C[C@H]1c1ccccc1)NC1CCC(C(=O)O)CC1. The van der Waals surface area contributed by atoms with Gasteiger partial charge in [-0.2, -0.15) is 0 Å². The Morgan fingerprint density at radius 3 is 2.43 bits per heavy atom. The lowest BCUT2D eigenvalue weighted by atomic mass is 9.86. The summed E-state index contributed by atoms with van der Waals surface area (Å²) in [5.41, 5.74) is 1.35. The number of aliphatic carboxylic acids is 1. The molecular weight excluding hydrogens is 292 g/mol. The van der Waals surface area contributed by atoms with Gasteiger partial charge >= 0.3 is 12.0 Å². The summed E-state index contributed by atoms with van der Waals surface area (Å²) in [6.45, 7) is 0.704. The number of benzene rings is 1. The molecule has 5 heteroatoms. The second-order valence-electron chi connectivity index (χ2n) is 6.75. The molecule has 5 nitrogen and oxygen atoms in total. The minimum Gasteiger partial charge on any atom is -0.481 e. The molecule has 0 aliphatic heterocycles. The van der Waals surface area contributed by atoms with Gasteiger partial charge in [0.25, 0.3) is 0 Å². The minimum atomic E-state index is -0.714. The maximum absolute atomic E-state index is 12.0. The monoisotopic (exact) mass is 316 g/mol. The number of urea groups is 1. The molecule has 2 atom stereocenters. The number of hydrogen-bond acceptors (Lipinski definition) is 2. The second-order valence-corrected chi connectivity index (χ2v) is 6.75. The second kappa shape index (κ2) is 7.02. The quantitative estimate of drug-likeness (QED) is 0.781. The number of amides is 2. The number of carboxylic acids is 1. The van der Waals surface area contributed by atoms with Crippen LogP contribution < -0.4 is 10.6 Å². The molecule has 2 saturated carbocycles. The van der Waals surface area contributed by atoms with E-state index in [9.17, 15) is 9.59 Å². The average molecular weight is 316 g/mol. The van der Waals surface area contributed by atoms with Crippen LogP contribution in [0.1, 0.15) is 43.6 Å². The zero-order valence-corrected chi connectivity index (χ0v) is 13.2. The Bertz CT molecular complexity index is 553. The van der Waals surface area contributed by atoms with Crippen LogP contribution in [-0.4, -0.2) is 29.7 Å². The van der Waals surface area contributed by atoms with Crippen LogP contribution in [0, 0.1) is 11.8 Å². The van der Waals surface area contributed by atoms with Crippen LogP contribution in [0.5, 0.6) is 0 Å². The molecule has 23 heavy (non-hydrogen) atoms. The molecule has 0 bridgehead atoms. The molecule has 3 N–H and O–H groups in total. The molecule has 2 amide bonds. The van der Waals surface area contributed by atoms with Crippen molar-refractivity contribution in [3.05, 3.63) is 35.9 Å². The van der Waals surface area contributed by atoms with Gasteiger partial charge < -0.3 is 15.7 Å². The molecule has 2 aliphatic rings. The number of carbonyl (C=O) groups is 2. The lowest BCUT2D eigenvalue weighted by Crippen LogP contribution is -2.44. The molecule has 0 heterocycles. The zero-order valence-electron chi connectivity index (χ0n) is 13.2. The average Bonchev–Trinajstić information content (AvgIpc) is 3.34. The smallest absolute Gasteiger partial charge is 0.315 e. The van der Waals surface area contributed by atoms with Gasteiger partial charge in [0, 0.05) is 12.6 Å². The summed E-state index contributed by atoms with van der Waals surface area (Å²) in [7, 11) is 0. The van der Waals surface area contributed by atoms with Crippen LogP contribution in [0.4, 0.5) is 4.79 Å². The van der Waals surface area contributed by atoms with Crippen molar-refractivity contribution in [2.24, 2.45) is 11.8 Å². The Kier molecular flexibility index (Phi) is 4.84. The van der Waals surface area contributed by atoms with Gasteiger partial charge in [0.1, 0.15) is 0 Å². The Morgan fingerprint density at radius 2 is 1.78 bits per heavy atom. The summed E-state index contributed by atoms with van der Waals surface area (Å²) >= 11 is 0. The molecule has 2 fully saturated rings. The van der Waals surface area contributed by atoms with Crippen molar-refractivity contribution in [1.82, 2.24) is 10.6 Å². The third kappa shape index (κ3) is 4.24. The van der Waals surface area contributed by atoms with E-state index >= 15 is 0 Å². The zero-order chi connectivity index (χ0) is 16.2. The predicted molar refractivity (Wildman–Crippen MR) is 87.2 cm³/mol. The maximum Gasteiger partial charge on any atom is 0.315 e. The molecule has 0 spiro atoms. The number of hydrogen-bond donors (Lipinski definition) is 3. The number of carboxylic acid groups (broad SMARTS) is 1.